The smallest absolute Gasteiger partial charge is 0.110 e. The molecule has 0 N–H and O–H groups in total. The summed E-state index contributed by atoms with van der Waals surface area (Å²) < 4.78 is 1.86. The van der Waals surface area contributed by atoms with E-state index in [-0.39, 0.29) is 0 Å². The van der Waals surface area contributed by atoms with E-state index in [1.54, 1.807) is 12.4 Å². The van der Waals surface area contributed by atoms with Gasteiger partial charge in [-0.25, -0.2) is 0 Å². The van der Waals surface area contributed by atoms with Gasteiger partial charge in [-0.1, -0.05) is 0 Å². The Morgan fingerprint density at radius 2 is 1.79 bits per heavy atom. The number of hydrogen-bond donors (Lipinski definition) is 0. The maximum Gasteiger partial charge on any atom is 0.110 e. The van der Waals surface area contributed by atoms with E-state index in [1.807, 2.05) is 24.0 Å². The van der Waals surface area contributed by atoms with Gasteiger partial charge in [-0.2, -0.15) is 5.10 Å². The Hall–Kier alpha value is -1.75. The molecular formula is C14H19N5. The third kappa shape index (κ3) is 2.38. The number of aryl methyl sites for hydroxylation is 1. The van der Waals surface area contributed by atoms with Crippen LogP contribution in [0.4, 0.5) is 0 Å². The molecule has 1 fully saturated rings. The van der Waals surface area contributed by atoms with E-state index >= 15 is 0 Å². The Morgan fingerprint density at radius 1 is 1.05 bits per heavy atom. The highest BCUT2D eigenvalue weighted by atomic mass is 15.3. The molecule has 5 nitrogen and oxygen atoms in total. The normalized spacial score (nSPS) is 17.8. The van der Waals surface area contributed by atoms with Crippen molar-refractivity contribution in [2.24, 2.45) is 7.05 Å². The molecule has 3 rings (SSSR count). The van der Waals surface area contributed by atoms with Gasteiger partial charge in [0.2, 0.25) is 0 Å². The van der Waals surface area contributed by atoms with Crippen molar-refractivity contribution in [1.29, 1.82) is 0 Å². The molecule has 1 aliphatic heterocycles. The summed E-state index contributed by atoms with van der Waals surface area (Å²) in [4.78, 5) is 11.5. The van der Waals surface area contributed by atoms with Crippen molar-refractivity contribution >= 4 is 0 Å². The lowest BCUT2D eigenvalue weighted by atomic mass is 9.91. The average Bonchev–Trinajstić information content (AvgIpc) is 2.86. The van der Waals surface area contributed by atoms with Crippen molar-refractivity contribution in [3.05, 3.63) is 30.4 Å². The molecule has 1 aliphatic rings. The molecule has 1 saturated heterocycles. The lowest BCUT2D eigenvalue weighted by Gasteiger charge is -2.29. The number of likely N-dealkylation sites (tertiary alicyclic amines) is 1. The lowest BCUT2D eigenvalue weighted by molar-refractivity contribution is 0.253. The van der Waals surface area contributed by atoms with E-state index in [2.05, 4.69) is 27.0 Å². The van der Waals surface area contributed by atoms with Gasteiger partial charge in [-0.15, -0.1) is 0 Å². The number of hydrogen-bond acceptors (Lipinski definition) is 4. The van der Waals surface area contributed by atoms with Gasteiger partial charge in [0.25, 0.3) is 0 Å². The Labute approximate surface area is 113 Å². The average molecular weight is 257 g/mol. The largest absolute Gasteiger partial charge is 0.306 e. The monoisotopic (exact) mass is 257 g/mol. The molecule has 0 aromatic carbocycles. The minimum Gasteiger partial charge on any atom is -0.306 e. The van der Waals surface area contributed by atoms with Crippen molar-refractivity contribution in [1.82, 2.24) is 24.6 Å². The summed E-state index contributed by atoms with van der Waals surface area (Å²) in [6.07, 6.45) is 7.68. The van der Waals surface area contributed by atoms with Gasteiger partial charge < -0.3 is 4.90 Å². The highest BCUT2D eigenvalue weighted by Crippen LogP contribution is 2.31. The molecule has 100 valence electrons. The summed E-state index contributed by atoms with van der Waals surface area (Å²) in [5.74, 6) is 0.509. The summed E-state index contributed by atoms with van der Waals surface area (Å²) in [5, 5.41) is 4.23. The topological polar surface area (TPSA) is 46.8 Å². The maximum absolute atomic E-state index is 4.60. The summed E-state index contributed by atoms with van der Waals surface area (Å²) in [6.45, 7) is 2.26. The third-order valence-electron chi connectivity index (χ3n) is 3.90. The fraction of sp³-hybridized carbons (Fsp3) is 0.500. The summed E-state index contributed by atoms with van der Waals surface area (Å²) >= 11 is 0. The number of piperidine rings is 1. The number of aromatic nitrogens is 4. The van der Waals surface area contributed by atoms with Gasteiger partial charge >= 0.3 is 0 Å². The molecule has 0 unspecified atom stereocenters. The zero-order chi connectivity index (χ0) is 13.2. The molecule has 0 aliphatic carbocycles. The predicted molar refractivity (Wildman–Crippen MR) is 73.7 cm³/mol. The Balaban J connectivity index is 1.96. The summed E-state index contributed by atoms with van der Waals surface area (Å²) in [5.41, 5.74) is 3.15. The lowest BCUT2D eigenvalue weighted by Crippen LogP contribution is -2.29. The quantitative estimate of drug-likeness (QED) is 0.821. The van der Waals surface area contributed by atoms with Crippen molar-refractivity contribution in [3.8, 4) is 11.4 Å². The van der Waals surface area contributed by atoms with Gasteiger partial charge in [0, 0.05) is 31.6 Å². The number of nitrogens with zero attached hydrogens (tertiary/aromatic N) is 5. The van der Waals surface area contributed by atoms with Crippen molar-refractivity contribution < 1.29 is 0 Å². The first-order chi connectivity index (χ1) is 9.25. The van der Waals surface area contributed by atoms with E-state index in [0.29, 0.717) is 5.92 Å². The summed E-state index contributed by atoms with van der Waals surface area (Å²) in [7, 11) is 4.12. The second kappa shape index (κ2) is 5.09. The van der Waals surface area contributed by atoms with Crippen molar-refractivity contribution in [2.75, 3.05) is 20.1 Å². The minimum atomic E-state index is 0.509. The van der Waals surface area contributed by atoms with Crippen LogP contribution in [0.25, 0.3) is 11.4 Å². The van der Waals surface area contributed by atoms with Crippen LogP contribution in [0.3, 0.4) is 0 Å². The molecule has 2 aromatic heterocycles. The zero-order valence-corrected chi connectivity index (χ0v) is 11.5. The van der Waals surface area contributed by atoms with Gasteiger partial charge in [0.15, 0.2) is 0 Å². The highest BCUT2D eigenvalue weighted by Gasteiger charge is 2.23. The van der Waals surface area contributed by atoms with E-state index in [1.165, 1.54) is 0 Å². The van der Waals surface area contributed by atoms with Crippen LogP contribution in [0.1, 0.15) is 24.5 Å². The van der Waals surface area contributed by atoms with Gasteiger partial charge in [0.05, 0.1) is 11.4 Å². The van der Waals surface area contributed by atoms with Gasteiger partial charge in [-0.3, -0.25) is 14.6 Å². The van der Waals surface area contributed by atoms with Crippen LogP contribution in [0.15, 0.2) is 24.7 Å². The highest BCUT2D eigenvalue weighted by molar-refractivity contribution is 5.57. The van der Waals surface area contributed by atoms with Crippen LogP contribution in [0, 0.1) is 0 Å². The van der Waals surface area contributed by atoms with Crippen LogP contribution in [-0.2, 0) is 7.05 Å². The van der Waals surface area contributed by atoms with Crippen LogP contribution in [0.2, 0.25) is 0 Å². The molecule has 0 spiro atoms. The fourth-order valence-corrected chi connectivity index (χ4v) is 2.73. The predicted octanol–water partition coefficient (Wildman–Crippen LogP) is 1.69. The SMILES string of the molecule is CN1CCC(c2nccnc2-c2ccnn2C)CC1. The maximum atomic E-state index is 4.60. The second-order valence-electron chi connectivity index (χ2n) is 5.21. The molecule has 0 atom stereocenters. The van der Waals surface area contributed by atoms with Gasteiger partial charge in [0.1, 0.15) is 5.69 Å². The first-order valence-corrected chi connectivity index (χ1v) is 6.73. The molecule has 3 heterocycles. The van der Waals surface area contributed by atoms with Crippen LogP contribution in [-0.4, -0.2) is 44.8 Å². The van der Waals surface area contributed by atoms with E-state index < -0.39 is 0 Å². The van der Waals surface area contributed by atoms with Crippen LogP contribution < -0.4 is 0 Å². The summed E-state index contributed by atoms with van der Waals surface area (Å²) in [6, 6.07) is 2.00. The standard InChI is InChI=1S/C14H19N5/c1-18-9-4-11(5-10-18)13-14(16-8-7-15-13)12-3-6-17-19(12)2/h3,6-8,11H,4-5,9-10H2,1-2H3. The van der Waals surface area contributed by atoms with Crippen molar-refractivity contribution in [3.63, 3.8) is 0 Å². The molecule has 5 heteroatoms. The molecule has 0 bridgehead atoms. The van der Waals surface area contributed by atoms with E-state index in [0.717, 1.165) is 43.0 Å². The first kappa shape index (κ1) is 12.3. The van der Waals surface area contributed by atoms with Crippen LogP contribution >= 0.6 is 0 Å². The van der Waals surface area contributed by atoms with E-state index in [4.69, 9.17) is 0 Å². The molecule has 2 aromatic rings. The molecule has 0 radical (unpaired) electrons. The molecule has 0 amide bonds. The number of rotatable bonds is 2. The zero-order valence-electron chi connectivity index (χ0n) is 11.5. The fourth-order valence-electron chi connectivity index (χ4n) is 2.73. The minimum absolute atomic E-state index is 0.509. The molecular weight excluding hydrogens is 238 g/mol. The Bertz CT molecular complexity index is 554. The van der Waals surface area contributed by atoms with Crippen LogP contribution in [0.5, 0.6) is 0 Å². The first-order valence-electron chi connectivity index (χ1n) is 6.73. The third-order valence-corrected chi connectivity index (χ3v) is 3.90. The molecule has 19 heavy (non-hydrogen) atoms. The van der Waals surface area contributed by atoms with Gasteiger partial charge in [-0.05, 0) is 39.0 Å². The Kier molecular flexibility index (Phi) is 3.29. The van der Waals surface area contributed by atoms with E-state index in [9.17, 15) is 0 Å². The second-order valence-corrected chi connectivity index (χ2v) is 5.21. The Morgan fingerprint density at radius 3 is 2.47 bits per heavy atom. The molecule has 0 saturated carbocycles. The van der Waals surface area contributed by atoms with Crippen molar-refractivity contribution in [2.45, 2.75) is 18.8 Å².